The van der Waals surface area contributed by atoms with Gasteiger partial charge in [0.1, 0.15) is 0 Å². The number of hydrogen-bond acceptors (Lipinski definition) is 6. The summed E-state index contributed by atoms with van der Waals surface area (Å²) in [6.07, 6.45) is 3.06. The summed E-state index contributed by atoms with van der Waals surface area (Å²) in [5.74, 6) is 1.65. The van der Waals surface area contributed by atoms with Crippen LogP contribution in [0.2, 0.25) is 0 Å². The fourth-order valence-corrected chi connectivity index (χ4v) is 3.00. The minimum Gasteiger partial charge on any atom is -0.454 e. The Morgan fingerprint density at radius 1 is 1.11 bits per heavy atom. The van der Waals surface area contributed by atoms with Crippen LogP contribution in [0.25, 0.3) is 0 Å². The molecular formula is C21H20N4O3. The molecule has 2 aromatic carbocycles. The van der Waals surface area contributed by atoms with Crippen LogP contribution in [-0.2, 0) is 0 Å². The summed E-state index contributed by atoms with van der Waals surface area (Å²) in [6.45, 7) is 4.72. The molecule has 3 aromatic rings. The summed E-state index contributed by atoms with van der Waals surface area (Å²) in [5.41, 5.74) is 3.16. The van der Waals surface area contributed by atoms with Gasteiger partial charge in [0, 0.05) is 36.4 Å². The lowest BCUT2D eigenvalue weighted by molar-refractivity contribution is 0.0987. The molecule has 142 valence electrons. The number of carbonyl (C=O) groups is 1. The molecule has 1 aromatic heterocycles. The Morgan fingerprint density at radius 2 is 1.89 bits per heavy atom. The molecule has 0 fully saturated rings. The lowest BCUT2D eigenvalue weighted by Crippen LogP contribution is -2.30. The maximum Gasteiger partial charge on any atom is 0.261 e. The fourth-order valence-electron chi connectivity index (χ4n) is 3.00. The molecule has 0 spiro atoms. The van der Waals surface area contributed by atoms with E-state index in [0.717, 1.165) is 16.9 Å². The van der Waals surface area contributed by atoms with Crippen molar-refractivity contribution in [3.63, 3.8) is 0 Å². The van der Waals surface area contributed by atoms with Crippen molar-refractivity contribution in [3.05, 3.63) is 66.0 Å². The van der Waals surface area contributed by atoms with Gasteiger partial charge in [-0.25, -0.2) is 9.97 Å². The Bertz CT molecular complexity index is 1000. The van der Waals surface area contributed by atoms with Crippen molar-refractivity contribution in [1.29, 1.82) is 0 Å². The summed E-state index contributed by atoms with van der Waals surface area (Å²) in [4.78, 5) is 23.1. The minimum absolute atomic E-state index is 0.136. The molecule has 0 bridgehead atoms. The van der Waals surface area contributed by atoms with Crippen LogP contribution in [0.15, 0.2) is 54.9 Å². The second kappa shape index (κ2) is 7.56. The largest absolute Gasteiger partial charge is 0.454 e. The first kappa shape index (κ1) is 17.8. The number of ether oxygens (including phenoxy) is 2. The van der Waals surface area contributed by atoms with Crippen molar-refractivity contribution in [3.8, 4) is 11.5 Å². The molecule has 28 heavy (non-hydrogen) atoms. The molecule has 1 amide bonds. The summed E-state index contributed by atoms with van der Waals surface area (Å²) < 4.78 is 10.7. The molecule has 1 aliphatic heterocycles. The van der Waals surface area contributed by atoms with Gasteiger partial charge in [-0.15, -0.1) is 0 Å². The fraction of sp³-hybridized carbons (Fsp3) is 0.190. The van der Waals surface area contributed by atoms with Gasteiger partial charge in [-0.2, -0.15) is 0 Å². The van der Waals surface area contributed by atoms with Gasteiger partial charge in [0.15, 0.2) is 11.5 Å². The van der Waals surface area contributed by atoms with Gasteiger partial charge in [-0.1, -0.05) is 12.1 Å². The van der Waals surface area contributed by atoms with Crippen molar-refractivity contribution in [2.75, 3.05) is 23.6 Å². The Hall–Kier alpha value is -3.61. The second-order valence-corrected chi connectivity index (χ2v) is 6.38. The normalized spacial score (nSPS) is 11.9. The van der Waals surface area contributed by atoms with Crippen LogP contribution < -0.4 is 19.7 Å². The van der Waals surface area contributed by atoms with Crippen LogP contribution in [0.3, 0.4) is 0 Å². The highest BCUT2D eigenvalue weighted by Crippen LogP contribution is 2.34. The van der Waals surface area contributed by atoms with Crippen LogP contribution in [0.1, 0.15) is 22.8 Å². The average Bonchev–Trinajstić information content (AvgIpc) is 3.17. The highest BCUT2D eigenvalue weighted by molar-refractivity contribution is 6.05. The number of aromatic nitrogens is 2. The predicted octanol–water partition coefficient (Wildman–Crippen LogP) is 3.92. The van der Waals surface area contributed by atoms with Crippen molar-refractivity contribution < 1.29 is 14.3 Å². The lowest BCUT2D eigenvalue weighted by atomic mass is 10.2. The molecule has 1 aliphatic rings. The van der Waals surface area contributed by atoms with Gasteiger partial charge in [0.2, 0.25) is 12.7 Å². The predicted molar refractivity (Wildman–Crippen MR) is 106 cm³/mol. The number of benzene rings is 2. The number of nitrogens with zero attached hydrogens (tertiary/aromatic N) is 3. The quantitative estimate of drug-likeness (QED) is 0.727. The molecule has 0 unspecified atom stereocenters. The van der Waals surface area contributed by atoms with Crippen molar-refractivity contribution in [2.24, 2.45) is 0 Å². The summed E-state index contributed by atoms with van der Waals surface area (Å²) in [7, 11) is 0. The Labute approximate surface area is 163 Å². The SMILES string of the molecule is CCN(C(=O)c1cnc(Nc2ccc3c(c2)OCO3)nc1)c1cccc(C)c1. The van der Waals surface area contributed by atoms with E-state index >= 15 is 0 Å². The first-order valence-electron chi connectivity index (χ1n) is 9.01. The van der Waals surface area contributed by atoms with Gasteiger partial charge in [0.25, 0.3) is 5.91 Å². The molecular weight excluding hydrogens is 356 g/mol. The molecule has 0 saturated carbocycles. The third-order valence-electron chi connectivity index (χ3n) is 4.40. The zero-order valence-corrected chi connectivity index (χ0v) is 15.7. The third-order valence-corrected chi connectivity index (χ3v) is 4.40. The van der Waals surface area contributed by atoms with Crippen molar-refractivity contribution in [1.82, 2.24) is 9.97 Å². The van der Waals surface area contributed by atoms with E-state index in [9.17, 15) is 4.79 Å². The van der Waals surface area contributed by atoms with Gasteiger partial charge < -0.3 is 19.7 Å². The molecule has 1 N–H and O–H groups in total. The molecule has 4 rings (SSSR count). The van der Waals surface area contributed by atoms with Crippen LogP contribution in [0.4, 0.5) is 17.3 Å². The molecule has 0 aliphatic carbocycles. The number of rotatable bonds is 5. The van der Waals surface area contributed by atoms with E-state index in [1.54, 1.807) is 4.90 Å². The summed E-state index contributed by atoms with van der Waals surface area (Å²) in [5, 5.41) is 3.10. The zero-order valence-electron chi connectivity index (χ0n) is 15.7. The van der Waals surface area contributed by atoms with E-state index in [2.05, 4.69) is 15.3 Å². The molecule has 0 saturated heterocycles. The van der Waals surface area contributed by atoms with Crippen LogP contribution in [0.5, 0.6) is 11.5 Å². The molecule has 7 nitrogen and oxygen atoms in total. The van der Waals surface area contributed by atoms with E-state index in [1.807, 2.05) is 56.3 Å². The van der Waals surface area contributed by atoms with E-state index in [0.29, 0.717) is 29.6 Å². The number of fused-ring (bicyclic) bond motifs is 1. The van der Waals surface area contributed by atoms with Gasteiger partial charge in [-0.3, -0.25) is 4.79 Å². The maximum absolute atomic E-state index is 12.9. The maximum atomic E-state index is 12.9. The first-order valence-corrected chi connectivity index (χ1v) is 9.01. The number of nitrogens with one attached hydrogen (secondary N) is 1. The van der Waals surface area contributed by atoms with Gasteiger partial charge in [-0.05, 0) is 43.7 Å². The number of carbonyl (C=O) groups excluding carboxylic acids is 1. The lowest BCUT2D eigenvalue weighted by Gasteiger charge is -2.21. The third kappa shape index (κ3) is 3.59. The van der Waals surface area contributed by atoms with E-state index < -0.39 is 0 Å². The highest BCUT2D eigenvalue weighted by atomic mass is 16.7. The molecule has 0 atom stereocenters. The number of anilines is 3. The zero-order chi connectivity index (χ0) is 19.5. The number of aryl methyl sites for hydroxylation is 1. The molecule has 2 heterocycles. The minimum atomic E-state index is -0.136. The Morgan fingerprint density at radius 3 is 2.64 bits per heavy atom. The Balaban J connectivity index is 1.50. The second-order valence-electron chi connectivity index (χ2n) is 6.38. The van der Waals surface area contributed by atoms with E-state index in [4.69, 9.17) is 9.47 Å². The monoisotopic (exact) mass is 376 g/mol. The molecule has 0 radical (unpaired) electrons. The Kier molecular flexibility index (Phi) is 4.80. The average molecular weight is 376 g/mol. The topological polar surface area (TPSA) is 76.6 Å². The van der Waals surface area contributed by atoms with E-state index in [1.165, 1.54) is 12.4 Å². The van der Waals surface area contributed by atoms with Crippen LogP contribution in [0, 0.1) is 6.92 Å². The van der Waals surface area contributed by atoms with Crippen molar-refractivity contribution >= 4 is 23.2 Å². The van der Waals surface area contributed by atoms with Crippen LogP contribution in [-0.4, -0.2) is 29.2 Å². The highest BCUT2D eigenvalue weighted by Gasteiger charge is 2.18. The first-order chi connectivity index (χ1) is 13.6. The standard InChI is InChI=1S/C21H20N4O3/c1-3-25(17-6-4-5-14(2)9-17)20(26)15-11-22-21(23-12-15)24-16-7-8-18-19(10-16)28-13-27-18/h4-12H,3,13H2,1-2H3,(H,22,23,24). The number of amides is 1. The molecule has 7 heteroatoms. The van der Waals surface area contributed by atoms with E-state index in [-0.39, 0.29) is 12.7 Å². The van der Waals surface area contributed by atoms with Gasteiger partial charge >= 0.3 is 0 Å². The van der Waals surface area contributed by atoms with Crippen LogP contribution >= 0.6 is 0 Å². The van der Waals surface area contributed by atoms with Gasteiger partial charge in [0.05, 0.1) is 5.56 Å². The van der Waals surface area contributed by atoms with Crippen molar-refractivity contribution in [2.45, 2.75) is 13.8 Å². The number of hydrogen-bond donors (Lipinski definition) is 1. The summed E-state index contributed by atoms with van der Waals surface area (Å²) in [6, 6.07) is 13.3. The summed E-state index contributed by atoms with van der Waals surface area (Å²) >= 11 is 0. The smallest absolute Gasteiger partial charge is 0.261 e.